The molecule has 0 radical (unpaired) electrons. The molecule has 0 spiro atoms. The molecule has 0 amide bonds. The summed E-state index contributed by atoms with van der Waals surface area (Å²) >= 11 is 3.29. The first-order chi connectivity index (χ1) is 14.1. The van der Waals surface area contributed by atoms with Gasteiger partial charge in [0.1, 0.15) is 16.5 Å². The van der Waals surface area contributed by atoms with E-state index in [2.05, 4.69) is 46.5 Å². The highest BCUT2D eigenvalue weighted by Crippen LogP contribution is 2.38. The van der Waals surface area contributed by atoms with E-state index in [0.29, 0.717) is 22.6 Å². The van der Waals surface area contributed by atoms with Gasteiger partial charge in [-0.25, -0.2) is 9.97 Å². The number of rotatable bonds is 4. The van der Waals surface area contributed by atoms with Crippen LogP contribution in [0.1, 0.15) is 40.2 Å². The van der Waals surface area contributed by atoms with Crippen molar-refractivity contribution in [2.75, 3.05) is 5.73 Å². The summed E-state index contributed by atoms with van der Waals surface area (Å²) in [5, 5.41) is 14.0. The van der Waals surface area contributed by atoms with Crippen molar-refractivity contribution in [2.45, 2.75) is 50.4 Å². The van der Waals surface area contributed by atoms with Gasteiger partial charge in [0.25, 0.3) is 0 Å². The lowest BCUT2D eigenvalue weighted by molar-refractivity contribution is 0.700. The molecule has 1 aliphatic rings. The summed E-state index contributed by atoms with van der Waals surface area (Å²) in [4.78, 5) is 11.8. The molecule has 9 heteroatoms. The van der Waals surface area contributed by atoms with Gasteiger partial charge < -0.3 is 5.73 Å². The average molecular weight is 424 g/mol. The monoisotopic (exact) mass is 423 g/mol. The van der Waals surface area contributed by atoms with Crippen molar-refractivity contribution in [3.8, 4) is 5.69 Å². The summed E-state index contributed by atoms with van der Waals surface area (Å²) in [6, 6.07) is 6.23. The maximum atomic E-state index is 6.33. The Morgan fingerprint density at radius 2 is 2.03 bits per heavy atom. The van der Waals surface area contributed by atoms with Crippen LogP contribution in [0.4, 0.5) is 5.82 Å². The summed E-state index contributed by atoms with van der Waals surface area (Å²) < 4.78 is 1.77. The van der Waals surface area contributed by atoms with E-state index in [-0.39, 0.29) is 0 Å². The van der Waals surface area contributed by atoms with Gasteiger partial charge in [-0.3, -0.25) is 0 Å². The van der Waals surface area contributed by atoms with Crippen LogP contribution in [-0.4, -0.2) is 30.2 Å². The molecule has 7 nitrogen and oxygen atoms in total. The maximum absolute atomic E-state index is 6.33. The van der Waals surface area contributed by atoms with E-state index >= 15 is 0 Å². The predicted octanol–water partition coefficient (Wildman–Crippen LogP) is 4.04. The number of fused-ring (bicyclic) bond motifs is 3. The molecule has 0 atom stereocenters. The Labute approximate surface area is 176 Å². The molecular weight excluding hydrogens is 402 g/mol. The first kappa shape index (κ1) is 18.5. The molecule has 0 saturated heterocycles. The third-order valence-electron chi connectivity index (χ3n) is 5.24. The fourth-order valence-corrected chi connectivity index (χ4v) is 5.91. The number of nitrogen functional groups attached to an aromatic ring is 1. The first-order valence-corrected chi connectivity index (χ1v) is 11.5. The standard InChI is InChI=1S/C20H21N7S2/c1-11-7-8-14(12(2)9-11)27-20(24-25-26-27)28-10-16-22-18(21)17-13-5-3-4-6-15(13)29-19(17)23-16/h7-9H,3-6,10H2,1-2H3,(H2,21,22,23). The molecule has 0 unspecified atom stereocenters. The van der Waals surface area contributed by atoms with Gasteiger partial charge in [0.05, 0.1) is 16.8 Å². The van der Waals surface area contributed by atoms with E-state index in [1.54, 1.807) is 16.0 Å². The Bertz CT molecular complexity index is 1210. The van der Waals surface area contributed by atoms with Crippen molar-refractivity contribution >= 4 is 39.1 Å². The van der Waals surface area contributed by atoms with Gasteiger partial charge in [-0.2, -0.15) is 4.68 Å². The van der Waals surface area contributed by atoms with Crippen LogP contribution in [0.5, 0.6) is 0 Å². The Kier molecular flexibility index (Phi) is 4.71. The smallest absolute Gasteiger partial charge is 0.214 e. The fraction of sp³-hybridized carbons (Fsp3) is 0.350. The second kappa shape index (κ2) is 7.38. The Balaban J connectivity index is 1.42. The van der Waals surface area contributed by atoms with Crippen LogP contribution in [0.25, 0.3) is 15.9 Å². The number of nitrogens with zero attached hydrogens (tertiary/aromatic N) is 6. The molecule has 2 N–H and O–H groups in total. The van der Waals surface area contributed by atoms with E-state index in [1.807, 2.05) is 6.07 Å². The number of hydrogen-bond acceptors (Lipinski definition) is 8. The maximum Gasteiger partial charge on any atom is 0.214 e. The van der Waals surface area contributed by atoms with Crippen molar-refractivity contribution < 1.29 is 0 Å². The van der Waals surface area contributed by atoms with E-state index in [1.165, 1.54) is 40.6 Å². The summed E-state index contributed by atoms with van der Waals surface area (Å²) in [6.45, 7) is 4.14. The molecule has 3 aromatic heterocycles. The van der Waals surface area contributed by atoms with E-state index < -0.39 is 0 Å². The molecular formula is C20H21N7S2. The highest BCUT2D eigenvalue weighted by Gasteiger charge is 2.20. The molecule has 0 saturated carbocycles. The van der Waals surface area contributed by atoms with Crippen molar-refractivity contribution in [3.63, 3.8) is 0 Å². The topological polar surface area (TPSA) is 95.4 Å². The number of nitrogens with two attached hydrogens (primary N) is 1. The fourth-order valence-electron chi connectivity index (χ4n) is 3.89. The summed E-state index contributed by atoms with van der Waals surface area (Å²) in [7, 11) is 0. The van der Waals surface area contributed by atoms with Crippen molar-refractivity contribution in [1.82, 2.24) is 30.2 Å². The zero-order valence-electron chi connectivity index (χ0n) is 16.3. The number of hydrogen-bond donors (Lipinski definition) is 1. The van der Waals surface area contributed by atoms with E-state index in [0.717, 1.165) is 34.3 Å². The molecule has 1 aliphatic carbocycles. The second-order valence-electron chi connectivity index (χ2n) is 7.37. The van der Waals surface area contributed by atoms with Gasteiger partial charge in [0, 0.05) is 4.88 Å². The number of thioether (sulfide) groups is 1. The number of tetrazole rings is 1. The number of benzene rings is 1. The number of anilines is 1. The minimum Gasteiger partial charge on any atom is -0.383 e. The van der Waals surface area contributed by atoms with Gasteiger partial charge in [-0.15, -0.1) is 16.4 Å². The Morgan fingerprint density at radius 1 is 1.17 bits per heavy atom. The minimum atomic E-state index is 0.563. The molecule has 29 heavy (non-hydrogen) atoms. The van der Waals surface area contributed by atoms with Gasteiger partial charge in [-0.1, -0.05) is 29.5 Å². The normalized spacial score (nSPS) is 13.7. The lowest BCUT2D eigenvalue weighted by Crippen LogP contribution is -2.04. The van der Waals surface area contributed by atoms with Gasteiger partial charge >= 0.3 is 0 Å². The predicted molar refractivity (Wildman–Crippen MR) is 117 cm³/mol. The van der Waals surface area contributed by atoms with Crippen LogP contribution in [0.15, 0.2) is 23.4 Å². The lowest BCUT2D eigenvalue weighted by atomic mass is 9.97. The molecule has 0 bridgehead atoms. The van der Waals surface area contributed by atoms with E-state index in [4.69, 9.17) is 10.7 Å². The number of aromatic nitrogens is 6. The molecule has 0 fully saturated rings. The summed E-state index contributed by atoms with van der Waals surface area (Å²) in [5.74, 6) is 1.88. The SMILES string of the molecule is Cc1ccc(-n2nnnc2SCc2nc(N)c3c4c(sc3n2)CCCC4)c(C)c1. The lowest BCUT2D eigenvalue weighted by Gasteiger charge is -2.10. The van der Waals surface area contributed by atoms with E-state index in [9.17, 15) is 0 Å². The van der Waals surface area contributed by atoms with Crippen LogP contribution >= 0.6 is 23.1 Å². The van der Waals surface area contributed by atoms with Crippen LogP contribution in [0.3, 0.4) is 0 Å². The largest absolute Gasteiger partial charge is 0.383 e. The average Bonchev–Trinajstić information content (AvgIpc) is 3.30. The molecule has 3 heterocycles. The van der Waals surface area contributed by atoms with Gasteiger partial charge in [-0.05, 0) is 67.2 Å². The summed E-state index contributed by atoms with van der Waals surface area (Å²) in [5.41, 5.74) is 11.0. The number of aryl methyl sites for hydroxylation is 4. The minimum absolute atomic E-state index is 0.563. The van der Waals surface area contributed by atoms with Crippen molar-refractivity contribution in [1.29, 1.82) is 0 Å². The zero-order chi connectivity index (χ0) is 20.0. The summed E-state index contributed by atoms with van der Waals surface area (Å²) in [6.07, 6.45) is 4.68. The zero-order valence-corrected chi connectivity index (χ0v) is 18.0. The molecule has 5 rings (SSSR count). The highest BCUT2D eigenvalue weighted by atomic mass is 32.2. The third-order valence-corrected chi connectivity index (χ3v) is 7.34. The molecule has 148 valence electrons. The van der Waals surface area contributed by atoms with Crippen molar-refractivity contribution in [2.24, 2.45) is 0 Å². The molecule has 4 aromatic rings. The molecule has 0 aliphatic heterocycles. The highest BCUT2D eigenvalue weighted by molar-refractivity contribution is 7.98. The van der Waals surface area contributed by atoms with Crippen molar-refractivity contribution in [3.05, 3.63) is 45.6 Å². The Hall–Kier alpha value is -2.52. The quantitative estimate of drug-likeness (QED) is 0.495. The third kappa shape index (κ3) is 3.38. The number of thiophene rings is 1. The first-order valence-electron chi connectivity index (χ1n) is 9.65. The van der Waals surface area contributed by atoms with Gasteiger partial charge in [0.2, 0.25) is 5.16 Å². The van der Waals surface area contributed by atoms with Crippen LogP contribution < -0.4 is 5.73 Å². The second-order valence-corrected chi connectivity index (χ2v) is 9.39. The van der Waals surface area contributed by atoms with Crippen LogP contribution in [-0.2, 0) is 18.6 Å². The molecule has 1 aromatic carbocycles. The van der Waals surface area contributed by atoms with Crippen LogP contribution in [0, 0.1) is 13.8 Å². The van der Waals surface area contributed by atoms with Gasteiger partial charge in [0.15, 0.2) is 0 Å². The van der Waals surface area contributed by atoms with Crippen LogP contribution in [0.2, 0.25) is 0 Å². The Morgan fingerprint density at radius 3 is 2.90 bits per heavy atom.